The summed E-state index contributed by atoms with van der Waals surface area (Å²) in [7, 11) is 0. The third-order valence-electron chi connectivity index (χ3n) is 4.99. The molecule has 2 aliphatic rings. The molecule has 2 aliphatic heterocycles. The Morgan fingerprint density at radius 1 is 1.36 bits per heavy atom. The van der Waals surface area contributed by atoms with Gasteiger partial charge in [-0.2, -0.15) is 5.26 Å². The van der Waals surface area contributed by atoms with Crippen LogP contribution < -0.4 is 5.73 Å². The van der Waals surface area contributed by atoms with Crippen molar-refractivity contribution in [2.45, 2.75) is 38.8 Å². The Bertz CT molecular complexity index is 869. The first kappa shape index (κ1) is 20.3. The van der Waals surface area contributed by atoms with Crippen molar-refractivity contribution in [1.82, 2.24) is 9.88 Å². The summed E-state index contributed by atoms with van der Waals surface area (Å²) in [5.74, 6) is 0.337. The largest absolute Gasteiger partial charge is 0.483 e. The minimum Gasteiger partial charge on any atom is -0.483 e. The average Bonchev–Trinajstić information content (AvgIpc) is 3.16. The molecule has 7 nitrogen and oxygen atoms in total. The van der Waals surface area contributed by atoms with Crippen molar-refractivity contribution in [2.75, 3.05) is 25.4 Å². The van der Waals surface area contributed by atoms with Crippen molar-refractivity contribution in [1.29, 1.82) is 5.26 Å². The first-order valence-electron chi connectivity index (χ1n) is 9.36. The second-order valence-electron chi connectivity index (χ2n) is 6.79. The first-order valence-corrected chi connectivity index (χ1v) is 10.2. The SMILES string of the molecule is N#Cc1c(N)nc2c(c1-c1ccc(CN3CCCCC3)s1)COCC2.O=CO. The number of nitriles is 1. The lowest BCUT2D eigenvalue weighted by atomic mass is 9.97. The van der Waals surface area contributed by atoms with Crippen LogP contribution in [0.2, 0.25) is 0 Å². The minimum atomic E-state index is -0.250. The number of anilines is 1. The highest BCUT2D eigenvalue weighted by Crippen LogP contribution is 2.38. The van der Waals surface area contributed by atoms with Crippen molar-refractivity contribution in [3.63, 3.8) is 0 Å². The van der Waals surface area contributed by atoms with Crippen molar-refractivity contribution in [2.24, 2.45) is 0 Å². The van der Waals surface area contributed by atoms with E-state index in [4.69, 9.17) is 20.4 Å². The van der Waals surface area contributed by atoms with Crippen LogP contribution in [0.15, 0.2) is 12.1 Å². The summed E-state index contributed by atoms with van der Waals surface area (Å²) in [6, 6.07) is 6.56. The molecule has 0 aromatic carbocycles. The number of nitrogen functional groups attached to an aromatic ring is 1. The molecule has 0 saturated carbocycles. The molecular weight excluding hydrogens is 376 g/mol. The Labute approximate surface area is 168 Å². The van der Waals surface area contributed by atoms with Crippen LogP contribution in [0.3, 0.4) is 0 Å². The molecule has 1 fully saturated rings. The van der Waals surface area contributed by atoms with Gasteiger partial charge in [-0.1, -0.05) is 6.42 Å². The molecule has 3 N–H and O–H groups in total. The molecule has 0 aliphatic carbocycles. The number of piperidine rings is 1. The van der Waals surface area contributed by atoms with Crippen LogP contribution in [-0.2, 0) is 29.1 Å². The lowest BCUT2D eigenvalue weighted by Gasteiger charge is -2.25. The van der Waals surface area contributed by atoms with E-state index in [1.807, 2.05) is 0 Å². The highest BCUT2D eigenvalue weighted by molar-refractivity contribution is 7.15. The quantitative estimate of drug-likeness (QED) is 0.762. The van der Waals surface area contributed by atoms with E-state index in [0.29, 0.717) is 24.6 Å². The van der Waals surface area contributed by atoms with Gasteiger partial charge in [0.2, 0.25) is 0 Å². The number of hydrogen-bond donors (Lipinski definition) is 2. The van der Waals surface area contributed by atoms with Gasteiger partial charge in [-0.15, -0.1) is 11.3 Å². The number of carbonyl (C=O) groups is 1. The first-order chi connectivity index (χ1) is 13.7. The fraction of sp³-hybridized carbons (Fsp3) is 0.450. The average molecular weight is 401 g/mol. The Hall–Kier alpha value is -2.47. The Kier molecular flexibility index (Phi) is 6.98. The van der Waals surface area contributed by atoms with E-state index in [1.165, 1.54) is 37.2 Å². The zero-order valence-electron chi connectivity index (χ0n) is 15.7. The zero-order chi connectivity index (χ0) is 19.9. The number of nitrogens with two attached hydrogens (primary N) is 1. The lowest BCUT2D eigenvalue weighted by Crippen LogP contribution is -2.28. The van der Waals surface area contributed by atoms with Gasteiger partial charge in [0.15, 0.2) is 0 Å². The molecule has 0 amide bonds. The number of nitrogens with zero attached hydrogens (tertiary/aromatic N) is 3. The molecule has 0 spiro atoms. The smallest absolute Gasteiger partial charge is 0.290 e. The van der Waals surface area contributed by atoms with Gasteiger partial charge < -0.3 is 15.6 Å². The third kappa shape index (κ3) is 4.50. The summed E-state index contributed by atoms with van der Waals surface area (Å²) in [6.07, 6.45) is 4.69. The minimum absolute atomic E-state index is 0.250. The number of carboxylic acid groups (broad SMARTS) is 1. The molecule has 2 aromatic heterocycles. The summed E-state index contributed by atoms with van der Waals surface area (Å²) in [4.78, 5) is 17.8. The highest BCUT2D eigenvalue weighted by Gasteiger charge is 2.23. The fourth-order valence-corrected chi connectivity index (χ4v) is 4.85. The van der Waals surface area contributed by atoms with E-state index in [-0.39, 0.29) is 6.47 Å². The molecule has 1 saturated heterocycles. The molecule has 148 valence electrons. The van der Waals surface area contributed by atoms with E-state index >= 15 is 0 Å². The predicted molar refractivity (Wildman–Crippen MR) is 108 cm³/mol. The van der Waals surface area contributed by atoms with Gasteiger partial charge in [-0.05, 0) is 38.1 Å². The van der Waals surface area contributed by atoms with E-state index in [2.05, 4.69) is 28.1 Å². The number of rotatable bonds is 3. The van der Waals surface area contributed by atoms with Crippen molar-refractivity contribution < 1.29 is 14.6 Å². The third-order valence-corrected chi connectivity index (χ3v) is 6.08. The summed E-state index contributed by atoms with van der Waals surface area (Å²) in [5.41, 5.74) is 9.49. The van der Waals surface area contributed by atoms with Crippen LogP contribution >= 0.6 is 11.3 Å². The van der Waals surface area contributed by atoms with Crippen LogP contribution in [0.25, 0.3) is 10.4 Å². The molecule has 2 aromatic rings. The maximum atomic E-state index is 9.62. The van der Waals surface area contributed by atoms with Crippen LogP contribution in [0.4, 0.5) is 5.82 Å². The monoisotopic (exact) mass is 400 g/mol. The molecule has 4 rings (SSSR count). The molecule has 8 heteroatoms. The normalized spacial score (nSPS) is 16.4. The summed E-state index contributed by atoms with van der Waals surface area (Å²) < 4.78 is 5.63. The summed E-state index contributed by atoms with van der Waals surface area (Å²) in [6.45, 7) is 4.28. The van der Waals surface area contributed by atoms with Crippen molar-refractivity contribution in [3.05, 3.63) is 33.8 Å². The van der Waals surface area contributed by atoms with Crippen molar-refractivity contribution >= 4 is 23.6 Å². The maximum absolute atomic E-state index is 9.62. The number of ether oxygens (including phenoxy) is 1. The molecule has 0 atom stereocenters. The molecule has 28 heavy (non-hydrogen) atoms. The van der Waals surface area contributed by atoms with Crippen LogP contribution in [0, 0.1) is 11.3 Å². The van der Waals surface area contributed by atoms with Gasteiger partial charge in [0.05, 0.1) is 18.9 Å². The molecule has 0 radical (unpaired) electrons. The maximum Gasteiger partial charge on any atom is 0.290 e. The Morgan fingerprint density at radius 3 is 2.82 bits per heavy atom. The summed E-state index contributed by atoms with van der Waals surface area (Å²) in [5, 5.41) is 16.5. The van der Waals surface area contributed by atoms with Gasteiger partial charge in [0.1, 0.15) is 17.5 Å². The molecule has 4 heterocycles. The highest BCUT2D eigenvalue weighted by atomic mass is 32.1. The van der Waals surface area contributed by atoms with Crippen LogP contribution in [0.1, 0.15) is 41.0 Å². The molecule has 0 bridgehead atoms. The summed E-state index contributed by atoms with van der Waals surface area (Å²) >= 11 is 1.76. The fourth-order valence-electron chi connectivity index (χ4n) is 3.72. The predicted octanol–water partition coefficient (Wildman–Crippen LogP) is 3.02. The zero-order valence-corrected chi connectivity index (χ0v) is 16.5. The van der Waals surface area contributed by atoms with Gasteiger partial charge in [-0.3, -0.25) is 9.69 Å². The second-order valence-corrected chi connectivity index (χ2v) is 7.96. The van der Waals surface area contributed by atoms with Crippen LogP contribution in [-0.4, -0.2) is 41.2 Å². The molecular formula is C20H24N4O3S. The van der Waals surface area contributed by atoms with Crippen molar-refractivity contribution in [3.8, 4) is 16.5 Å². The number of pyridine rings is 1. The molecule has 0 unspecified atom stereocenters. The van der Waals surface area contributed by atoms with Crippen LogP contribution in [0.5, 0.6) is 0 Å². The second kappa shape index (κ2) is 9.64. The number of likely N-dealkylation sites (tertiary alicyclic amines) is 1. The Balaban J connectivity index is 0.000000706. The van der Waals surface area contributed by atoms with E-state index in [9.17, 15) is 5.26 Å². The number of hydrogen-bond acceptors (Lipinski definition) is 7. The topological polar surface area (TPSA) is 112 Å². The number of aromatic nitrogens is 1. The van der Waals surface area contributed by atoms with E-state index in [0.717, 1.165) is 34.7 Å². The van der Waals surface area contributed by atoms with Gasteiger partial charge in [0, 0.05) is 33.8 Å². The van der Waals surface area contributed by atoms with E-state index < -0.39 is 0 Å². The number of thiophene rings is 1. The standard InChI is InChI=1S/C19H22N4OS.CH2O2/c20-10-14-18(15-12-24-9-6-16(15)22-19(14)21)17-5-4-13(25-17)11-23-7-2-1-3-8-23;2-1-3/h4-5H,1-3,6-9,11-12H2,(H2,21,22);1H,(H,2,3). The number of fused-ring (bicyclic) bond motifs is 1. The van der Waals surface area contributed by atoms with Gasteiger partial charge in [0.25, 0.3) is 6.47 Å². The van der Waals surface area contributed by atoms with Gasteiger partial charge >= 0.3 is 0 Å². The van der Waals surface area contributed by atoms with E-state index in [1.54, 1.807) is 11.3 Å². The lowest BCUT2D eigenvalue weighted by molar-refractivity contribution is -0.122. The Morgan fingerprint density at radius 2 is 2.11 bits per heavy atom. The van der Waals surface area contributed by atoms with Gasteiger partial charge in [-0.25, -0.2) is 4.98 Å².